The number of benzene rings is 1. The maximum absolute atomic E-state index is 4.20. The molecule has 1 aliphatic heterocycles. The van der Waals surface area contributed by atoms with Gasteiger partial charge in [-0.2, -0.15) is 5.10 Å². The molecule has 1 saturated heterocycles. The molecule has 3 rings (SSSR count). The Kier molecular flexibility index (Phi) is 2.86. The third kappa shape index (κ3) is 2.08. The highest BCUT2D eigenvalue weighted by Crippen LogP contribution is 2.38. The second kappa shape index (κ2) is 4.50. The minimum Gasteiger partial charge on any atom is -0.297 e. The van der Waals surface area contributed by atoms with Crippen LogP contribution < -0.4 is 5.32 Å². The maximum Gasteiger partial charge on any atom is 0.137 e. The Hall–Kier alpha value is -1.33. The number of hydrogen-bond acceptors (Lipinski definition) is 4. The van der Waals surface area contributed by atoms with Crippen LogP contribution in [-0.4, -0.2) is 27.1 Å². The molecular formula is C12H14N4S. The first kappa shape index (κ1) is 10.8. The first-order valence-electron chi connectivity index (χ1n) is 5.66. The Bertz CT molecular complexity index is 463. The highest BCUT2D eigenvalue weighted by molar-refractivity contribution is 8.00. The molecule has 2 aromatic rings. The van der Waals surface area contributed by atoms with Crippen molar-refractivity contribution in [3.8, 4) is 0 Å². The molecule has 0 amide bonds. The Labute approximate surface area is 104 Å². The van der Waals surface area contributed by atoms with Gasteiger partial charge in [-0.1, -0.05) is 30.3 Å². The van der Waals surface area contributed by atoms with Crippen LogP contribution >= 0.6 is 11.8 Å². The Morgan fingerprint density at radius 2 is 2.24 bits per heavy atom. The number of nitrogens with zero attached hydrogens (tertiary/aromatic N) is 3. The molecule has 1 atom stereocenters. The molecule has 17 heavy (non-hydrogen) atoms. The summed E-state index contributed by atoms with van der Waals surface area (Å²) in [5.41, 5.74) is 1.30. The Morgan fingerprint density at radius 1 is 1.35 bits per heavy atom. The van der Waals surface area contributed by atoms with E-state index in [-0.39, 0.29) is 4.87 Å². The zero-order chi connectivity index (χ0) is 11.6. The fourth-order valence-corrected chi connectivity index (χ4v) is 3.44. The first-order valence-corrected chi connectivity index (χ1v) is 6.65. The van der Waals surface area contributed by atoms with Crippen molar-refractivity contribution in [2.75, 3.05) is 12.3 Å². The molecule has 1 aromatic carbocycles. The largest absolute Gasteiger partial charge is 0.297 e. The number of rotatable bonds is 3. The minimum atomic E-state index is -0.0606. The van der Waals surface area contributed by atoms with Crippen molar-refractivity contribution >= 4 is 11.8 Å². The van der Waals surface area contributed by atoms with Gasteiger partial charge in [-0.15, -0.1) is 11.8 Å². The standard InChI is InChI=1S/C12H14N4S/c1-2-4-11(5-3-1)12(14-6-7-17-12)8-16-10-13-9-15-16/h1-5,9-10,14H,6-8H2. The van der Waals surface area contributed by atoms with Crippen LogP contribution in [-0.2, 0) is 11.4 Å². The first-order chi connectivity index (χ1) is 8.39. The van der Waals surface area contributed by atoms with Crippen LogP contribution in [0.3, 0.4) is 0 Å². The fourth-order valence-electron chi connectivity index (χ4n) is 2.16. The van der Waals surface area contributed by atoms with E-state index in [1.165, 1.54) is 5.56 Å². The van der Waals surface area contributed by atoms with Crippen LogP contribution in [0.1, 0.15) is 5.56 Å². The summed E-state index contributed by atoms with van der Waals surface area (Å²) < 4.78 is 1.89. The molecule has 1 fully saturated rings. The molecule has 0 aliphatic carbocycles. The van der Waals surface area contributed by atoms with Gasteiger partial charge in [0.05, 0.1) is 6.54 Å². The predicted molar refractivity (Wildman–Crippen MR) is 68.6 cm³/mol. The summed E-state index contributed by atoms with van der Waals surface area (Å²) in [6.45, 7) is 1.84. The quantitative estimate of drug-likeness (QED) is 0.890. The summed E-state index contributed by atoms with van der Waals surface area (Å²) in [6.07, 6.45) is 3.35. The lowest BCUT2D eigenvalue weighted by Crippen LogP contribution is -2.38. The van der Waals surface area contributed by atoms with Crippen LogP contribution in [0, 0.1) is 0 Å². The number of nitrogens with one attached hydrogen (secondary N) is 1. The summed E-state index contributed by atoms with van der Waals surface area (Å²) in [4.78, 5) is 3.94. The number of hydrogen-bond donors (Lipinski definition) is 1. The van der Waals surface area contributed by atoms with Crippen LogP contribution in [0.15, 0.2) is 43.0 Å². The lowest BCUT2D eigenvalue weighted by atomic mass is 10.1. The summed E-state index contributed by atoms with van der Waals surface area (Å²) in [5, 5.41) is 7.80. The van der Waals surface area contributed by atoms with Crippen molar-refractivity contribution in [2.45, 2.75) is 11.4 Å². The molecular weight excluding hydrogens is 232 g/mol. The van der Waals surface area contributed by atoms with Crippen molar-refractivity contribution in [2.24, 2.45) is 0 Å². The van der Waals surface area contributed by atoms with E-state index in [0.717, 1.165) is 18.8 Å². The van der Waals surface area contributed by atoms with Gasteiger partial charge < -0.3 is 0 Å². The molecule has 0 radical (unpaired) electrons. The summed E-state index contributed by atoms with van der Waals surface area (Å²) in [6, 6.07) is 10.6. The molecule has 88 valence electrons. The average Bonchev–Trinajstić information content (AvgIpc) is 3.03. The third-order valence-electron chi connectivity index (χ3n) is 2.95. The van der Waals surface area contributed by atoms with Gasteiger partial charge in [-0.25, -0.2) is 9.67 Å². The van der Waals surface area contributed by atoms with Gasteiger partial charge in [-0.3, -0.25) is 5.32 Å². The van der Waals surface area contributed by atoms with Crippen molar-refractivity contribution < 1.29 is 0 Å². The van der Waals surface area contributed by atoms with Gasteiger partial charge in [0.25, 0.3) is 0 Å². The molecule has 0 saturated carbocycles. The van der Waals surface area contributed by atoms with Crippen molar-refractivity contribution in [1.82, 2.24) is 20.1 Å². The molecule has 1 aromatic heterocycles. The summed E-state index contributed by atoms with van der Waals surface area (Å²) >= 11 is 1.94. The van der Waals surface area contributed by atoms with Gasteiger partial charge in [0, 0.05) is 12.3 Å². The molecule has 0 bridgehead atoms. The van der Waals surface area contributed by atoms with Crippen molar-refractivity contribution in [3.05, 3.63) is 48.5 Å². The second-order valence-electron chi connectivity index (χ2n) is 4.06. The van der Waals surface area contributed by atoms with E-state index in [1.54, 1.807) is 12.7 Å². The maximum atomic E-state index is 4.20. The number of aromatic nitrogens is 3. The molecule has 0 spiro atoms. The Morgan fingerprint density at radius 3 is 2.88 bits per heavy atom. The van der Waals surface area contributed by atoms with E-state index < -0.39 is 0 Å². The van der Waals surface area contributed by atoms with E-state index in [0.29, 0.717) is 0 Å². The molecule has 1 unspecified atom stereocenters. The Balaban J connectivity index is 1.93. The zero-order valence-electron chi connectivity index (χ0n) is 9.41. The highest BCUT2D eigenvalue weighted by Gasteiger charge is 2.36. The normalized spacial score (nSPS) is 24.0. The van der Waals surface area contributed by atoms with Crippen molar-refractivity contribution in [1.29, 1.82) is 0 Å². The van der Waals surface area contributed by atoms with Crippen LogP contribution in [0.4, 0.5) is 0 Å². The smallest absolute Gasteiger partial charge is 0.137 e. The van der Waals surface area contributed by atoms with Crippen LogP contribution in [0.5, 0.6) is 0 Å². The molecule has 4 nitrogen and oxygen atoms in total. The molecule has 1 N–H and O–H groups in total. The van der Waals surface area contributed by atoms with Crippen molar-refractivity contribution in [3.63, 3.8) is 0 Å². The van der Waals surface area contributed by atoms with Gasteiger partial charge in [-0.05, 0) is 5.56 Å². The third-order valence-corrected chi connectivity index (χ3v) is 4.36. The van der Waals surface area contributed by atoms with Gasteiger partial charge in [0.15, 0.2) is 0 Å². The molecule has 1 aliphatic rings. The van der Waals surface area contributed by atoms with E-state index >= 15 is 0 Å². The van der Waals surface area contributed by atoms with Gasteiger partial charge in [0.1, 0.15) is 17.5 Å². The summed E-state index contributed by atoms with van der Waals surface area (Å²) in [5.74, 6) is 1.13. The van der Waals surface area contributed by atoms with E-state index in [9.17, 15) is 0 Å². The topological polar surface area (TPSA) is 42.7 Å². The SMILES string of the molecule is c1ccc(C2(Cn3cncn3)NCCS2)cc1. The molecule has 5 heteroatoms. The second-order valence-corrected chi connectivity index (χ2v) is 5.46. The van der Waals surface area contributed by atoms with E-state index in [2.05, 4.69) is 39.7 Å². The lowest BCUT2D eigenvalue weighted by Gasteiger charge is -2.28. The lowest BCUT2D eigenvalue weighted by molar-refractivity contribution is 0.422. The average molecular weight is 246 g/mol. The van der Waals surface area contributed by atoms with Gasteiger partial charge in [0.2, 0.25) is 0 Å². The predicted octanol–water partition coefficient (Wildman–Crippen LogP) is 1.47. The monoisotopic (exact) mass is 246 g/mol. The van der Waals surface area contributed by atoms with E-state index in [1.807, 2.05) is 22.5 Å². The van der Waals surface area contributed by atoms with Crippen LogP contribution in [0.2, 0.25) is 0 Å². The highest BCUT2D eigenvalue weighted by atomic mass is 32.2. The fraction of sp³-hybridized carbons (Fsp3) is 0.333. The summed E-state index contributed by atoms with van der Waals surface area (Å²) in [7, 11) is 0. The minimum absolute atomic E-state index is 0.0606. The number of thioether (sulfide) groups is 1. The van der Waals surface area contributed by atoms with E-state index in [4.69, 9.17) is 0 Å². The van der Waals surface area contributed by atoms with Gasteiger partial charge >= 0.3 is 0 Å². The van der Waals surface area contributed by atoms with Crippen LogP contribution in [0.25, 0.3) is 0 Å². The molecule has 2 heterocycles. The zero-order valence-corrected chi connectivity index (χ0v) is 10.2.